The highest BCUT2D eigenvalue weighted by molar-refractivity contribution is 6.07. The van der Waals surface area contributed by atoms with E-state index in [0.29, 0.717) is 31.5 Å². The van der Waals surface area contributed by atoms with Crippen molar-refractivity contribution >= 4 is 23.5 Å². The van der Waals surface area contributed by atoms with Gasteiger partial charge < -0.3 is 10.2 Å². The largest absolute Gasteiger partial charge is 0.342 e. The molecule has 2 fully saturated rings. The topological polar surface area (TPSA) is 122 Å². The van der Waals surface area contributed by atoms with Crippen molar-refractivity contribution in [2.75, 3.05) is 13.1 Å². The van der Waals surface area contributed by atoms with Crippen LogP contribution in [-0.4, -0.2) is 46.3 Å². The summed E-state index contributed by atoms with van der Waals surface area (Å²) >= 11 is 0. The summed E-state index contributed by atoms with van der Waals surface area (Å²) in [5.74, 6) is -0.446. The van der Waals surface area contributed by atoms with E-state index in [9.17, 15) is 24.5 Å². The normalized spacial score (nSPS) is 19.1. The third-order valence-electron chi connectivity index (χ3n) is 4.49. The fourth-order valence-electron chi connectivity index (χ4n) is 3.04. The number of imide groups is 1. The molecule has 3 rings (SSSR count). The summed E-state index contributed by atoms with van der Waals surface area (Å²) in [5.41, 5.74) is -0.229. The number of benzene rings is 1. The molecule has 2 N–H and O–H groups in total. The lowest BCUT2D eigenvalue weighted by molar-refractivity contribution is -0.384. The van der Waals surface area contributed by atoms with Crippen molar-refractivity contribution in [2.24, 2.45) is 0 Å². The Morgan fingerprint density at radius 3 is 2.33 bits per heavy atom. The molecular weight excluding hydrogens is 316 g/mol. The second-order valence-corrected chi connectivity index (χ2v) is 5.97. The summed E-state index contributed by atoms with van der Waals surface area (Å²) in [6.07, 6.45) is 0.886. The molecule has 2 heterocycles. The predicted molar refractivity (Wildman–Crippen MR) is 82.0 cm³/mol. The molecule has 4 amide bonds. The summed E-state index contributed by atoms with van der Waals surface area (Å²) in [4.78, 5) is 47.3. The second kappa shape index (κ2) is 5.91. The standard InChI is InChI=1S/C15H16N4O5/c20-12(9-10-1-3-11(4-2-10)19(23)24)18-7-5-15(6-8-18)13(21)16-14(22)17-15/h1-4H,5-9H2,(H2,16,17,21,22). The monoisotopic (exact) mass is 332 g/mol. The number of nitro groups is 1. The lowest BCUT2D eigenvalue weighted by Gasteiger charge is -2.37. The maximum absolute atomic E-state index is 12.3. The van der Waals surface area contributed by atoms with E-state index in [4.69, 9.17) is 0 Å². The summed E-state index contributed by atoms with van der Waals surface area (Å²) in [7, 11) is 0. The molecule has 0 atom stereocenters. The Hall–Kier alpha value is -2.97. The molecule has 1 spiro atoms. The molecule has 1 aromatic carbocycles. The smallest absolute Gasteiger partial charge is 0.322 e. The molecular formula is C15H16N4O5. The molecule has 0 aromatic heterocycles. The summed E-state index contributed by atoms with van der Waals surface area (Å²) in [6, 6.07) is 5.36. The molecule has 0 radical (unpaired) electrons. The number of urea groups is 1. The number of hydrogen-bond acceptors (Lipinski definition) is 5. The van der Waals surface area contributed by atoms with Gasteiger partial charge in [0.1, 0.15) is 5.54 Å². The minimum absolute atomic E-state index is 0.0194. The molecule has 2 aliphatic rings. The zero-order valence-corrected chi connectivity index (χ0v) is 12.8. The molecule has 126 valence electrons. The lowest BCUT2D eigenvalue weighted by Crippen LogP contribution is -2.55. The van der Waals surface area contributed by atoms with Crippen LogP contribution in [0.1, 0.15) is 18.4 Å². The van der Waals surface area contributed by atoms with Crippen molar-refractivity contribution in [3.8, 4) is 0 Å². The first-order valence-corrected chi connectivity index (χ1v) is 7.54. The Bertz CT molecular complexity index is 707. The van der Waals surface area contributed by atoms with Gasteiger partial charge in [-0.2, -0.15) is 0 Å². The molecule has 2 saturated heterocycles. The van der Waals surface area contributed by atoms with Crippen molar-refractivity contribution < 1.29 is 19.3 Å². The number of nitro benzene ring substituents is 1. The highest BCUT2D eigenvalue weighted by Gasteiger charge is 2.48. The fourth-order valence-corrected chi connectivity index (χ4v) is 3.04. The van der Waals surface area contributed by atoms with Crippen LogP contribution >= 0.6 is 0 Å². The van der Waals surface area contributed by atoms with Gasteiger partial charge in [-0.15, -0.1) is 0 Å². The van der Waals surface area contributed by atoms with Gasteiger partial charge in [-0.05, 0) is 18.4 Å². The van der Waals surface area contributed by atoms with Gasteiger partial charge in [0.05, 0.1) is 11.3 Å². The molecule has 9 heteroatoms. The fraction of sp³-hybridized carbons (Fsp3) is 0.400. The van der Waals surface area contributed by atoms with E-state index >= 15 is 0 Å². The minimum atomic E-state index is -0.902. The predicted octanol–water partition coefficient (Wildman–Crippen LogP) is 0.338. The maximum Gasteiger partial charge on any atom is 0.322 e. The first kappa shape index (κ1) is 15.9. The van der Waals surface area contributed by atoms with Gasteiger partial charge in [0, 0.05) is 25.2 Å². The van der Waals surface area contributed by atoms with Crippen LogP contribution < -0.4 is 10.6 Å². The van der Waals surface area contributed by atoms with Crippen LogP contribution in [0.4, 0.5) is 10.5 Å². The Morgan fingerprint density at radius 1 is 1.21 bits per heavy atom. The van der Waals surface area contributed by atoms with Gasteiger partial charge in [-0.3, -0.25) is 25.0 Å². The van der Waals surface area contributed by atoms with Gasteiger partial charge in [0.2, 0.25) is 5.91 Å². The minimum Gasteiger partial charge on any atom is -0.342 e. The Morgan fingerprint density at radius 2 is 1.83 bits per heavy atom. The summed E-state index contributed by atoms with van der Waals surface area (Å²) in [5, 5.41) is 15.5. The van der Waals surface area contributed by atoms with Gasteiger partial charge in [-0.25, -0.2) is 4.79 Å². The molecule has 0 aliphatic carbocycles. The van der Waals surface area contributed by atoms with Crippen molar-refractivity contribution in [3.05, 3.63) is 39.9 Å². The average Bonchev–Trinajstić information content (AvgIpc) is 2.82. The molecule has 0 saturated carbocycles. The van der Waals surface area contributed by atoms with Crippen LogP contribution in [0.3, 0.4) is 0 Å². The molecule has 0 unspecified atom stereocenters. The van der Waals surface area contributed by atoms with Crippen molar-refractivity contribution in [1.29, 1.82) is 0 Å². The molecule has 0 bridgehead atoms. The maximum atomic E-state index is 12.3. The molecule has 9 nitrogen and oxygen atoms in total. The number of nitrogens with zero attached hydrogens (tertiary/aromatic N) is 2. The number of piperidine rings is 1. The van der Waals surface area contributed by atoms with Gasteiger partial charge in [0.15, 0.2) is 0 Å². The van der Waals surface area contributed by atoms with Crippen LogP contribution in [0, 0.1) is 10.1 Å². The number of nitrogens with one attached hydrogen (secondary N) is 2. The number of carbonyl (C=O) groups excluding carboxylic acids is 3. The first-order valence-electron chi connectivity index (χ1n) is 7.54. The van der Waals surface area contributed by atoms with Gasteiger partial charge in [-0.1, -0.05) is 12.1 Å². The van der Waals surface area contributed by atoms with Crippen molar-refractivity contribution in [3.63, 3.8) is 0 Å². The SMILES string of the molecule is O=C1NC(=O)C2(CCN(C(=O)Cc3ccc([N+](=O)[O-])cc3)CC2)N1. The lowest BCUT2D eigenvalue weighted by atomic mass is 9.87. The third kappa shape index (κ3) is 2.92. The highest BCUT2D eigenvalue weighted by atomic mass is 16.6. The van der Waals surface area contributed by atoms with Crippen LogP contribution in [0.15, 0.2) is 24.3 Å². The number of rotatable bonds is 3. The Kier molecular flexibility index (Phi) is 3.92. The van der Waals surface area contributed by atoms with Crippen LogP contribution in [-0.2, 0) is 16.0 Å². The Balaban J connectivity index is 1.58. The van der Waals surface area contributed by atoms with Crippen LogP contribution in [0.5, 0.6) is 0 Å². The van der Waals surface area contributed by atoms with E-state index in [2.05, 4.69) is 10.6 Å². The first-order chi connectivity index (χ1) is 11.4. The van der Waals surface area contributed by atoms with Crippen LogP contribution in [0.25, 0.3) is 0 Å². The van der Waals surface area contributed by atoms with E-state index in [1.807, 2.05) is 0 Å². The van der Waals surface area contributed by atoms with Crippen molar-refractivity contribution in [2.45, 2.75) is 24.8 Å². The van der Waals surface area contributed by atoms with Gasteiger partial charge in [0.25, 0.3) is 11.6 Å². The number of non-ortho nitro benzene ring substituents is 1. The number of amides is 4. The Labute approximate surface area is 137 Å². The quantitative estimate of drug-likeness (QED) is 0.469. The van der Waals surface area contributed by atoms with Gasteiger partial charge >= 0.3 is 6.03 Å². The third-order valence-corrected chi connectivity index (χ3v) is 4.49. The zero-order valence-electron chi connectivity index (χ0n) is 12.8. The number of likely N-dealkylation sites (tertiary alicyclic amines) is 1. The van der Waals surface area contributed by atoms with Crippen molar-refractivity contribution in [1.82, 2.24) is 15.5 Å². The molecule has 2 aliphatic heterocycles. The molecule has 24 heavy (non-hydrogen) atoms. The number of hydrogen-bond donors (Lipinski definition) is 2. The number of carbonyl (C=O) groups is 3. The summed E-state index contributed by atoms with van der Waals surface area (Å²) < 4.78 is 0. The van der Waals surface area contributed by atoms with E-state index in [-0.39, 0.29) is 23.9 Å². The van der Waals surface area contributed by atoms with E-state index in [1.54, 1.807) is 17.0 Å². The molecule has 1 aromatic rings. The zero-order chi connectivity index (χ0) is 17.3. The van der Waals surface area contributed by atoms with Crippen LogP contribution in [0.2, 0.25) is 0 Å². The van der Waals surface area contributed by atoms with E-state index in [0.717, 1.165) is 0 Å². The summed E-state index contributed by atoms with van der Waals surface area (Å²) in [6.45, 7) is 0.749. The average molecular weight is 332 g/mol. The van der Waals surface area contributed by atoms with E-state index in [1.165, 1.54) is 12.1 Å². The highest BCUT2D eigenvalue weighted by Crippen LogP contribution is 2.26. The second-order valence-electron chi connectivity index (χ2n) is 5.97. The van der Waals surface area contributed by atoms with E-state index < -0.39 is 16.5 Å².